The topological polar surface area (TPSA) is 20.2 Å². The molecule has 0 saturated carbocycles. The van der Waals surface area contributed by atoms with Crippen molar-refractivity contribution in [1.82, 2.24) is 0 Å². The smallest absolute Gasteiger partial charge is 0.0728 e. The zero-order valence-corrected chi connectivity index (χ0v) is 8.94. The van der Waals surface area contributed by atoms with E-state index in [1.807, 2.05) is 6.92 Å². The molecule has 1 aliphatic rings. The molecule has 1 unspecified atom stereocenters. The van der Waals surface area contributed by atoms with Crippen LogP contribution in [-0.2, 0) is 0 Å². The minimum atomic E-state index is -0.985. The molecule has 0 aromatic carbocycles. The zero-order chi connectivity index (χ0) is 8.65. The summed E-state index contributed by atoms with van der Waals surface area (Å²) in [5.41, 5.74) is 1.54. The molecular weight excluding hydrogens is 152 g/mol. The van der Waals surface area contributed by atoms with Crippen molar-refractivity contribution in [2.45, 2.75) is 45.5 Å². The average Bonchev–Trinajstić information content (AvgIpc) is 2.40. The predicted molar refractivity (Wildman–Crippen MR) is 51.3 cm³/mol. The van der Waals surface area contributed by atoms with Crippen molar-refractivity contribution in [2.75, 3.05) is 0 Å². The molecule has 0 fully saturated rings. The fourth-order valence-corrected chi connectivity index (χ4v) is 3.42. The van der Waals surface area contributed by atoms with Gasteiger partial charge in [0.25, 0.3) is 0 Å². The molecule has 0 spiro atoms. The Labute approximate surface area is 70.1 Å². The van der Waals surface area contributed by atoms with Gasteiger partial charge in [-0.25, -0.2) is 0 Å². The molecule has 64 valence electrons. The molecule has 1 N–H and O–H groups in total. The summed E-state index contributed by atoms with van der Waals surface area (Å²) in [5, 5.41) is 10.8. The van der Waals surface area contributed by atoms with Gasteiger partial charge in [-0.05, 0) is 19.8 Å². The lowest BCUT2D eigenvalue weighted by Gasteiger charge is -2.09. The van der Waals surface area contributed by atoms with E-state index in [4.69, 9.17) is 5.11 Å². The molecule has 1 nitrogen and oxygen atoms in total. The van der Waals surface area contributed by atoms with E-state index in [-0.39, 0.29) is 6.10 Å². The van der Waals surface area contributed by atoms with Gasteiger partial charge in [0.2, 0.25) is 0 Å². The fourth-order valence-electron chi connectivity index (χ4n) is 1.52. The van der Waals surface area contributed by atoms with Crippen molar-refractivity contribution in [3.8, 4) is 0 Å². The Hall–Kier alpha value is -0.0831. The van der Waals surface area contributed by atoms with Crippen molar-refractivity contribution in [1.29, 1.82) is 0 Å². The second-order valence-electron chi connectivity index (χ2n) is 4.56. The highest BCUT2D eigenvalue weighted by atomic mass is 28.3. The van der Waals surface area contributed by atoms with Crippen LogP contribution in [0.2, 0.25) is 19.6 Å². The molecule has 0 aromatic heterocycles. The van der Waals surface area contributed by atoms with Crippen LogP contribution in [-0.4, -0.2) is 19.3 Å². The monoisotopic (exact) mass is 170 g/mol. The minimum Gasteiger partial charge on any atom is -0.393 e. The number of aliphatic hydroxyl groups excluding tert-OH is 1. The first-order valence-corrected chi connectivity index (χ1v) is 7.80. The maximum absolute atomic E-state index is 9.13. The number of allylic oxidation sites excluding steroid dienone is 1. The van der Waals surface area contributed by atoms with Crippen LogP contribution in [0.1, 0.15) is 19.8 Å². The molecule has 0 heterocycles. The van der Waals surface area contributed by atoms with Crippen LogP contribution in [0.5, 0.6) is 0 Å². The molecule has 0 aromatic rings. The molecule has 0 radical (unpaired) electrons. The third-order valence-corrected chi connectivity index (χ3v) is 4.48. The summed E-state index contributed by atoms with van der Waals surface area (Å²) in [6.45, 7) is 8.99. The highest BCUT2D eigenvalue weighted by Gasteiger charge is 2.32. The highest BCUT2D eigenvalue weighted by Crippen LogP contribution is 2.40. The Morgan fingerprint density at radius 1 is 1.45 bits per heavy atom. The lowest BCUT2D eigenvalue weighted by atomic mass is 10.2. The lowest BCUT2D eigenvalue weighted by molar-refractivity contribution is 0.196. The highest BCUT2D eigenvalue weighted by molar-refractivity contribution is 6.84. The summed E-state index contributed by atoms with van der Waals surface area (Å²) in [6, 6.07) is 0. The molecule has 2 heteroatoms. The third-order valence-electron chi connectivity index (χ3n) is 2.14. The van der Waals surface area contributed by atoms with Gasteiger partial charge >= 0.3 is 0 Å². The standard InChI is InChI=1S/C9H18OSi/c1-7(10)5-8-6-9(8)11(2,3)4/h7,10H,5-6H2,1-4H3. The lowest BCUT2D eigenvalue weighted by Crippen LogP contribution is -2.18. The third kappa shape index (κ3) is 2.45. The van der Waals surface area contributed by atoms with Gasteiger partial charge in [0.15, 0.2) is 0 Å². The van der Waals surface area contributed by atoms with E-state index in [1.165, 1.54) is 6.42 Å². The number of hydrogen-bond donors (Lipinski definition) is 1. The Morgan fingerprint density at radius 2 is 2.00 bits per heavy atom. The fraction of sp³-hybridized carbons (Fsp3) is 0.778. The predicted octanol–water partition coefficient (Wildman–Crippen LogP) is 2.33. The number of aliphatic hydroxyl groups is 1. The first-order valence-electron chi connectivity index (χ1n) is 4.30. The molecule has 1 aliphatic carbocycles. The van der Waals surface area contributed by atoms with Gasteiger partial charge < -0.3 is 5.11 Å². The van der Waals surface area contributed by atoms with Crippen LogP contribution in [0.25, 0.3) is 0 Å². The van der Waals surface area contributed by atoms with Gasteiger partial charge in [-0.2, -0.15) is 0 Å². The van der Waals surface area contributed by atoms with Crippen LogP contribution < -0.4 is 0 Å². The van der Waals surface area contributed by atoms with Crippen LogP contribution in [0.3, 0.4) is 0 Å². The van der Waals surface area contributed by atoms with Crippen LogP contribution in [0.4, 0.5) is 0 Å². The van der Waals surface area contributed by atoms with Crippen LogP contribution >= 0.6 is 0 Å². The summed E-state index contributed by atoms with van der Waals surface area (Å²) >= 11 is 0. The molecule has 0 saturated heterocycles. The van der Waals surface area contributed by atoms with E-state index in [1.54, 1.807) is 10.8 Å². The van der Waals surface area contributed by atoms with Crippen molar-refractivity contribution < 1.29 is 5.11 Å². The first-order chi connectivity index (χ1) is 4.91. The van der Waals surface area contributed by atoms with E-state index in [9.17, 15) is 0 Å². The van der Waals surface area contributed by atoms with Crippen LogP contribution in [0, 0.1) is 0 Å². The second kappa shape index (κ2) is 2.76. The largest absolute Gasteiger partial charge is 0.393 e. The maximum Gasteiger partial charge on any atom is 0.0728 e. The van der Waals surface area contributed by atoms with E-state index in [2.05, 4.69) is 19.6 Å². The van der Waals surface area contributed by atoms with Crippen molar-refractivity contribution >= 4 is 8.07 Å². The van der Waals surface area contributed by atoms with E-state index < -0.39 is 8.07 Å². The average molecular weight is 170 g/mol. The van der Waals surface area contributed by atoms with E-state index in [0.29, 0.717) is 0 Å². The Kier molecular flexibility index (Phi) is 2.26. The maximum atomic E-state index is 9.13. The van der Waals surface area contributed by atoms with Gasteiger partial charge in [-0.3, -0.25) is 0 Å². The normalized spacial score (nSPS) is 20.5. The van der Waals surface area contributed by atoms with Gasteiger partial charge in [-0.1, -0.05) is 30.4 Å². The van der Waals surface area contributed by atoms with Crippen molar-refractivity contribution in [3.63, 3.8) is 0 Å². The molecule has 1 atom stereocenters. The molecular formula is C9H18OSi. The molecule has 11 heavy (non-hydrogen) atoms. The van der Waals surface area contributed by atoms with Gasteiger partial charge in [-0.15, -0.1) is 0 Å². The van der Waals surface area contributed by atoms with Gasteiger partial charge in [0.1, 0.15) is 0 Å². The molecule has 0 bridgehead atoms. The zero-order valence-electron chi connectivity index (χ0n) is 7.94. The summed E-state index contributed by atoms with van der Waals surface area (Å²) in [5.74, 6) is 0. The Balaban J connectivity index is 2.48. The minimum absolute atomic E-state index is 0.140. The SMILES string of the molecule is CC(O)CC1=C([Si](C)(C)C)C1. The Morgan fingerprint density at radius 3 is 2.27 bits per heavy atom. The van der Waals surface area contributed by atoms with Gasteiger partial charge in [0.05, 0.1) is 14.2 Å². The molecule has 1 rings (SSSR count). The van der Waals surface area contributed by atoms with E-state index in [0.717, 1.165) is 6.42 Å². The van der Waals surface area contributed by atoms with Crippen LogP contribution in [0.15, 0.2) is 10.8 Å². The second-order valence-corrected chi connectivity index (χ2v) is 9.67. The first kappa shape index (κ1) is 9.01. The van der Waals surface area contributed by atoms with Crippen molar-refractivity contribution in [2.24, 2.45) is 0 Å². The summed E-state index contributed by atoms with van der Waals surface area (Å²) in [7, 11) is -0.985. The number of rotatable bonds is 3. The molecule has 0 amide bonds. The summed E-state index contributed by atoms with van der Waals surface area (Å²) in [4.78, 5) is 0. The molecule has 0 aliphatic heterocycles. The summed E-state index contributed by atoms with van der Waals surface area (Å²) < 4.78 is 0. The number of hydrogen-bond acceptors (Lipinski definition) is 1. The van der Waals surface area contributed by atoms with Gasteiger partial charge in [0, 0.05) is 0 Å². The van der Waals surface area contributed by atoms with E-state index >= 15 is 0 Å². The summed E-state index contributed by atoms with van der Waals surface area (Å²) in [6.07, 6.45) is 2.00. The Bertz CT molecular complexity index is 186. The quantitative estimate of drug-likeness (QED) is 0.645. The van der Waals surface area contributed by atoms with Crippen molar-refractivity contribution in [3.05, 3.63) is 10.8 Å².